The average molecular weight is 405 g/mol. The van der Waals surface area contributed by atoms with Gasteiger partial charge >= 0.3 is 0 Å². The van der Waals surface area contributed by atoms with Gasteiger partial charge in [0.15, 0.2) is 0 Å². The molecule has 0 bridgehead atoms. The molecule has 4 heterocycles. The predicted octanol–water partition coefficient (Wildman–Crippen LogP) is 2.37. The van der Waals surface area contributed by atoms with E-state index in [0.29, 0.717) is 39.8 Å². The molecule has 3 aromatic rings. The number of anilines is 1. The highest BCUT2D eigenvalue weighted by Crippen LogP contribution is 2.54. The molecule has 9 nitrogen and oxygen atoms in total. The van der Waals surface area contributed by atoms with Crippen LogP contribution in [0.5, 0.6) is 5.88 Å². The molecule has 2 fully saturated rings. The van der Waals surface area contributed by atoms with E-state index < -0.39 is 0 Å². The van der Waals surface area contributed by atoms with Gasteiger partial charge in [-0.05, 0) is 62.4 Å². The molecule has 2 N–H and O–H groups in total. The van der Waals surface area contributed by atoms with Crippen molar-refractivity contribution >= 4 is 17.1 Å². The number of carbonyl (C=O) groups is 1. The molecule has 0 unspecified atom stereocenters. The predicted molar refractivity (Wildman–Crippen MR) is 109 cm³/mol. The average Bonchev–Trinajstić information content (AvgIpc) is 3.35. The van der Waals surface area contributed by atoms with Gasteiger partial charge in [0.05, 0.1) is 36.6 Å². The van der Waals surface area contributed by atoms with Gasteiger partial charge in [-0.15, -0.1) is 5.10 Å². The normalized spacial score (nSPS) is 18.1. The van der Waals surface area contributed by atoms with Crippen LogP contribution in [0.15, 0.2) is 30.6 Å². The lowest BCUT2D eigenvalue weighted by Crippen LogP contribution is -2.46. The van der Waals surface area contributed by atoms with Crippen molar-refractivity contribution in [2.24, 2.45) is 5.41 Å². The van der Waals surface area contributed by atoms with Gasteiger partial charge in [0.25, 0.3) is 11.8 Å². The first kappa shape index (κ1) is 18.6. The minimum Gasteiger partial charge on any atom is -0.478 e. The van der Waals surface area contributed by atoms with Crippen LogP contribution in [0.1, 0.15) is 47.8 Å². The number of fused-ring (bicyclic) bond motifs is 1. The van der Waals surface area contributed by atoms with Gasteiger partial charge in [-0.2, -0.15) is 10.4 Å². The topological polar surface area (TPSA) is 109 Å². The summed E-state index contributed by atoms with van der Waals surface area (Å²) in [5.74, 6) is 0.0868. The Morgan fingerprint density at radius 1 is 1.37 bits per heavy atom. The van der Waals surface area contributed by atoms with Gasteiger partial charge in [-0.1, -0.05) is 0 Å². The largest absolute Gasteiger partial charge is 0.478 e. The molecule has 1 saturated carbocycles. The van der Waals surface area contributed by atoms with E-state index in [4.69, 9.17) is 10.00 Å². The monoisotopic (exact) mass is 405 g/mol. The summed E-state index contributed by atoms with van der Waals surface area (Å²) in [7, 11) is 1.55. The maximum Gasteiger partial charge on any atom is 0.274 e. The summed E-state index contributed by atoms with van der Waals surface area (Å²) >= 11 is 0. The summed E-state index contributed by atoms with van der Waals surface area (Å²) in [6, 6.07) is 7.52. The highest BCUT2D eigenvalue weighted by atomic mass is 16.5. The Kier molecular flexibility index (Phi) is 4.44. The molecule has 154 valence electrons. The Labute approximate surface area is 173 Å². The Morgan fingerprint density at radius 3 is 2.90 bits per heavy atom. The number of hydrogen-bond donors (Lipinski definition) is 2. The van der Waals surface area contributed by atoms with Crippen molar-refractivity contribution in [3.05, 3.63) is 41.9 Å². The van der Waals surface area contributed by atoms with Crippen LogP contribution < -0.4 is 15.4 Å². The molecule has 1 spiro atoms. The van der Waals surface area contributed by atoms with Gasteiger partial charge in [-0.3, -0.25) is 9.48 Å². The lowest BCUT2D eigenvalue weighted by Gasteiger charge is -2.50. The van der Waals surface area contributed by atoms with Crippen molar-refractivity contribution in [1.82, 2.24) is 24.7 Å². The third-order valence-corrected chi connectivity index (χ3v) is 6.38. The molecular formula is C21H23N7O2. The molecule has 3 aromatic heterocycles. The smallest absolute Gasteiger partial charge is 0.274 e. The first-order chi connectivity index (χ1) is 14.6. The minimum atomic E-state index is -0.312. The standard InChI is InChI=1S/C21H23N7O2/c1-30-20-17(13-27(26-20)16-9-21(10-16)4-6-23-7-5-21)25-19(29)18-3-2-15-8-14(11-22)12-24-28(15)18/h2-3,8,12-13,16,23H,4-7,9-10H2,1H3,(H,25,29). The van der Waals surface area contributed by atoms with E-state index in [-0.39, 0.29) is 5.91 Å². The van der Waals surface area contributed by atoms with Gasteiger partial charge in [0.2, 0.25) is 0 Å². The van der Waals surface area contributed by atoms with Crippen LogP contribution in [-0.4, -0.2) is 45.5 Å². The van der Waals surface area contributed by atoms with Crippen molar-refractivity contribution in [3.63, 3.8) is 0 Å². The van der Waals surface area contributed by atoms with Crippen LogP contribution in [0.2, 0.25) is 0 Å². The number of methoxy groups -OCH3 is 1. The number of aromatic nitrogens is 4. The van der Waals surface area contributed by atoms with Crippen LogP contribution >= 0.6 is 0 Å². The Balaban J connectivity index is 1.34. The number of nitriles is 1. The molecule has 1 aliphatic heterocycles. The zero-order chi connectivity index (χ0) is 20.7. The van der Waals surface area contributed by atoms with Gasteiger partial charge < -0.3 is 15.4 Å². The molecule has 9 heteroatoms. The fourth-order valence-electron chi connectivity index (χ4n) is 4.71. The summed E-state index contributed by atoms with van der Waals surface area (Å²) in [5.41, 5.74) is 2.49. The van der Waals surface area contributed by atoms with E-state index in [0.717, 1.165) is 25.9 Å². The van der Waals surface area contributed by atoms with E-state index >= 15 is 0 Å². The highest BCUT2D eigenvalue weighted by Gasteiger charge is 2.45. The Morgan fingerprint density at radius 2 is 2.17 bits per heavy atom. The number of ether oxygens (including phenoxy) is 1. The van der Waals surface area contributed by atoms with Crippen molar-refractivity contribution in [2.75, 3.05) is 25.5 Å². The summed E-state index contributed by atoms with van der Waals surface area (Å²) in [4.78, 5) is 12.9. The number of rotatable bonds is 4. The second kappa shape index (κ2) is 7.15. The van der Waals surface area contributed by atoms with Crippen molar-refractivity contribution in [2.45, 2.75) is 31.7 Å². The van der Waals surface area contributed by atoms with Crippen molar-refractivity contribution < 1.29 is 9.53 Å². The van der Waals surface area contributed by atoms with Crippen LogP contribution in [0.4, 0.5) is 5.69 Å². The zero-order valence-electron chi connectivity index (χ0n) is 16.8. The van der Waals surface area contributed by atoms with E-state index in [1.807, 2.05) is 10.9 Å². The Hall–Kier alpha value is -3.38. The summed E-state index contributed by atoms with van der Waals surface area (Å²) in [6.07, 6.45) is 7.95. The number of nitrogens with one attached hydrogen (secondary N) is 2. The second-order valence-corrected chi connectivity index (χ2v) is 8.21. The number of hydrogen-bond acceptors (Lipinski definition) is 6. The van der Waals surface area contributed by atoms with Crippen LogP contribution in [0.25, 0.3) is 5.52 Å². The van der Waals surface area contributed by atoms with E-state index in [9.17, 15) is 4.79 Å². The van der Waals surface area contributed by atoms with Gasteiger partial charge in [-0.25, -0.2) is 4.52 Å². The minimum absolute atomic E-state index is 0.312. The quantitative estimate of drug-likeness (QED) is 0.690. The molecule has 1 aliphatic carbocycles. The van der Waals surface area contributed by atoms with Gasteiger partial charge in [0, 0.05) is 0 Å². The third kappa shape index (κ3) is 3.09. The van der Waals surface area contributed by atoms with Crippen LogP contribution in [0, 0.1) is 16.7 Å². The molecule has 2 aliphatic rings. The lowest BCUT2D eigenvalue weighted by atomic mass is 9.60. The van der Waals surface area contributed by atoms with Crippen molar-refractivity contribution in [1.29, 1.82) is 5.26 Å². The maximum atomic E-state index is 12.9. The highest BCUT2D eigenvalue weighted by molar-refractivity contribution is 6.04. The first-order valence-corrected chi connectivity index (χ1v) is 10.1. The molecule has 0 aromatic carbocycles. The molecule has 30 heavy (non-hydrogen) atoms. The SMILES string of the molecule is COc1nn(C2CC3(CCNCC3)C2)cc1NC(=O)c1ccc2cc(C#N)cnn12. The fourth-order valence-corrected chi connectivity index (χ4v) is 4.71. The second-order valence-electron chi connectivity index (χ2n) is 8.21. The van der Waals surface area contributed by atoms with Gasteiger partial charge in [0.1, 0.15) is 17.5 Å². The summed E-state index contributed by atoms with van der Waals surface area (Å²) in [5, 5.41) is 24.1. The molecule has 5 rings (SSSR count). The molecule has 1 amide bonds. The lowest BCUT2D eigenvalue weighted by molar-refractivity contribution is 0.0226. The zero-order valence-corrected chi connectivity index (χ0v) is 16.8. The molecule has 0 atom stereocenters. The van der Waals surface area contributed by atoms with E-state index in [2.05, 4.69) is 26.9 Å². The first-order valence-electron chi connectivity index (χ1n) is 10.1. The van der Waals surface area contributed by atoms with Crippen LogP contribution in [0.3, 0.4) is 0 Å². The number of carbonyl (C=O) groups excluding carboxylic acids is 1. The molecule has 0 radical (unpaired) electrons. The maximum absolute atomic E-state index is 12.9. The third-order valence-electron chi connectivity index (χ3n) is 6.38. The summed E-state index contributed by atoms with van der Waals surface area (Å²) in [6.45, 7) is 2.18. The number of nitrogens with zero attached hydrogens (tertiary/aromatic N) is 5. The fraction of sp³-hybridized carbons (Fsp3) is 0.429. The summed E-state index contributed by atoms with van der Waals surface area (Å²) < 4.78 is 8.84. The van der Waals surface area contributed by atoms with E-state index in [1.165, 1.54) is 23.6 Å². The Bertz CT molecular complexity index is 1140. The van der Waals surface area contributed by atoms with Crippen LogP contribution in [-0.2, 0) is 0 Å². The number of piperidine rings is 1. The van der Waals surface area contributed by atoms with Crippen molar-refractivity contribution in [3.8, 4) is 11.9 Å². The molecule has 1 saturated heterocycles. The number of amides is 1. The van der Waals surface area contributed by atoms with E-state index in [1.54, 1.807) is 25.3 Å². The molecular weight excluding hydrogens is 382 g/mol.